The lowest BCUT2D eigenvalue weighted by Crippen LogP contribution is -2.27. The topological polar surface area (TPSA) is 68.3 Å². The number of halogens is 1. The molecule has 3 aromatic rings. The van der Waals surface area contributed by atoms with E-state index >= 15 is 0 Å². The molecule has 2 heterocycles. The molecule has 0 bridgehead atoms. The molecular formula is C21H15ClN2O3S. The highest BCUT2D eigenvalue weighted by atomic mass is 35.5. The Balaban J connectivity index is 1.44. The molecule has 1 fully saturated rings. The van der Waals surface area contributed by atoms with Gasteiger partial charge in [-0.2, -0.15) is 0 Å². The first-order valence-corrected chi connectivity index (χ1v) is 10.2. The van der Waals surface area contributed by atoms with E-state index in [9.17, 15) is 9.59 Å². The lowest BCUT2D eigenvalue weighted by Gasteiger charge is -2.16. The third-order valence-corrected chi connectivity index (χ3v) is 6.56. The van der Waals surface area contributed by atoms with Crippen molar-refractivity contribution in [1.29, 1.82) is 0 Å². The van der Waals surface area contributed by atoms with Crippen LogP contribution in [-0.4, -0.2) is 21.4 Å². The van der Waals surface area contributed by atoms with E-state index in [1.807, 2.05) is 36.4 Å². The van der Waals surface area contributed by atoms with Gasteiger partial charge in [0.25, 0.3) is 5.24 Å². The summed E-state index contributed by atoms with van der Waals surface area (Å²) in [5.74, 6) is 1.29. The number of fused-ring (bicyclic) bond motifs is 2. The zero-order valence-corrected chi connectivity index (χ0v) is 16.2. The molecule has 0 saturated carbocycles. The van der Waals surface area contributed by atoms with Crippen molar-refractivity contribution >= 4 is 45.4 Å². The van der Waals surface area contributed by atoms with Crippen LogP contribution in [0.1, 0.15) is 23.5 Å². The Labute approximate surface area is 170 Å². The minimum atomic E-state index is -0.341. The Morgan fingerprint density at radius 3 is 2.86 bits per heavy atom. The quantitative estimate of drug-likeness (QED) is 0.653. The van der Waals surface area contributed by atoms with Crippen molar-refractivity contribution in [2.24, 2.45) is 0 Å². The predicted molar refractivity (Wildman–Crippen MR) is 109 cm³/mol. The molecule has 140 valence electrons. The van der Waals surface area contributed by atoms with Crippen LogP contribution in [0.4, 0.5) is 4.79 Å². The van der Waals surface area contributed by atoms with Crippen LogP contribution in [0.5, 0.6) is 11.5 Å². The second-order valence-corrected chi connectivity index (χ2v) is 8.44. The SMILES string of the molecule is O=C1NC(=O)C([C@@H]2CCc3cc(Oc4ccnc5ccc(Cl)cc45)ccc32)S1. The van der Waals surface area contributed by atoms with Gasteiger partial charge in [0.15, 0.2) is 0 Å². The van der Waals surface area contributed by atoms with Crippen LogP contribution in [0.3, 0.4) is 0 Å². The minimum Gasteiger partial charge on any atom is -0.457 e. The predicted octanol–water partition coefficient (Wildman–Crippen LogP) is 5.06. The summed E-state index contributed by atoms with van der Waals surface area (Å²) in [4.78, 5) is 27.9. The summed E-state index contributed by atoms with van der Waals surface area (Å²) in [6.45, 7) is 0. The van der Waals surface area contributed by atoms with Gasteiger partial charge in [-0.15, -0.1) is 0 Å². The summed E-state index contributed by atoms with van der Waals surface area (Å²) >= 11 is 7.22. The van der Waals surface area contributed by atoms with Gasteiger partial charge >= 0.3 is 0 Å². The first-order valence-electron chi connectivity index (χ1n) is 8.95. The largest absolute Gasteiger partial charge is 0.457 e. The summed E-state index contributed by atoms with van der Waals surface area (Å²) in [6.07, 6.45) is 3.42. The molecule has 2 amide bonds. The molecule has 5 nitrogen and oxygen atoms in total. The lowest BCUT2D eigenvalue weighted by molar-refractivity contribution is -0.119. The molecule has 2 atom stereocenters. The second kappa shape index (κ2) is 6.79. The van der Waals surface area contributed by atoms with E-state index in [2.05, 4.69) is 10.3 Å². The molecule has 1 aromatic heterocycles. The van der Waals surface area contributed by atoms with Gasteiger partial charge in [0.05, 0.1) is 5.52 Å². The lowest BCUT2D eigenvalue weighted by atomic mass is 9.97. The van der Waals surface area contributed by atoms with Gasteiger partial charge in [0.2, 0.25) is 5.91 Å². The van der Waals surface area contributed by atoms with Crippen molar-refractivity contribution in [3.05, 3.63) is 64.8 Å². The summed E-state index contributed by atoms with van der Waals surface area (Å²) < 4.78 is 6.13. The van der Waals surface area contributed by atoms with Crippen molar-refractivity contribution in [2.75, 3.05) is 0 Å². The molecule has 1 aliphatic heterocycles. The third kappa shape index (κ3) is 3.02. The molecular weight excluding hydrogens is 396 g/mol. The van der Waals surface area contributed by atoms with E-state index in [0.717, 1.165) is 52.4 Å². The number of amides is 2. The van der Waals surface area contributed by atoms with Crippen LogP contribution in [0.25, 0.3) is 10.9 Å². The molecule has 0 radical (unpaired) electrons. The fourth-order valence-electron chi connectivity index (χ4n) is 3.95. The number of thioether (sulfide) groups is 1. The van der Waals surface area contributed by atoms with Crippen molar-refractivity contribution in [3.8, 4) is 11.5 Å². The summed E-state index contributed by atoms with van der Waals surface area (Å²) in [5.41, 5.74) is 3.10. The number of pyridine rings is 1. The number of hydrogen-bond donors (Lipinski definition) is 1. The van der Waals surface area contributed by atoms with Gasteiger partial charge in [0.1, 0.15) is 16.7 Å². The van der Waals surface area contributed by atoms with E-state index < -0.39 is 0 Å². The molecule has 2 aliphatic rings. The summed E-state index contributed by atoms with van der Waals surface area (Å²) in [7, 11) is 0. The summed E-state index contributed by atoms with van der Waals surface area (Å²) in [5, 5.41) is 3.27. The molecule has 5 rings (SSSR count). The zero-order valence-electron chi connectivity index (χ0n) is 14.6. The summed E-state index contributed by atoms with van der Waals surface area (Å²) in [6, 6.07) is 13.3. The number of rotatable bonds is 3. The van der Waals surface area contributed by atoms with Crippen molar-refractivity contribution in [3.63, 3.8) is 0 Å². The zero-order chi connectivity index (χ0) is 19.3. The first kappa shape index (κ1) is 17.5. The molecule has 1 unspecified atom stereocenters. The number of nitrogens with zero attached hydrogens (tertiary/aromatic N) is 1. The van der Waals surface area contributed by atoms with Crippen LogP contribution in [0.2, 0.25) is 5.02 Å². The standard InChI is InChI=1S/C21H15ClN2O3S/c22-12-2-6-17-16(10-12)18(7-8-23-17)27-13-3-5-14-11(9-13)1-4-15(14)19-20(25)24-21(26)28-19/h2-3,5-10,15,19H,1,4H2,(H,24,25,26)/t15-,19?/m1/s1. The first-order chi connectivity index (χ1) is 13.6. The highest BCUT2D eigenvalue weighted by Gasteiger charge is 2.41. The van der Waals surface area contributed by atoms with E-state index in [1.165, 1.54) is 0 Å². The van der Waals surface area contributed by atoms with Crippen LogP contribution >= 0.6 is 23.4 Å². The maximum atomic E-state index is 12.0. The van der Waals surface area contributed by atoms with Gasteiger partial charge < -0.3 is 4.74 Å². The van der Waals surface area contributed by atoms with E-state index in [1.54, 1.807) is 12.3 Å². The maximum absolute atomic E-state index is 12.0. The Bertz CT molecular complexity index is 1130. The van der Waals surface area contributed by atoms with Crippen molar-refractivity contribution in [2.45, 2.75) is 24.0 Å². The van der Waals surface area contributed by atoms with E-state index in [4.69, 9.17) is 16.3 Å². The van der Waals surface area contributed by atoms with Gasteiger partial charge in [-0.3, -0.25) is 19.9 Å². The number of nitrogens with one attached hydrogen (secondary N) is 1. The number of hydrogen-bond acceptors (Lipinski definition) is 5. The molecule has 1 N–H and O–H groups in total. The van der Waals surface area contributed by atoms with Crippen LogP contribution < -0.4 is 10.1 Å². The molecule has 1 aliphatic carbocycles. The Kier molecular flexibility index (Phi) is 4.25. The number of carbonyl (C=O) groups excluding carboxylic acids is 2. The monoisotopic (exact) mass is 410 g/mol. The van der Waals surface area contributed by atoms with E-state index in [0.29, 0.717) is 10.8 Å². The van der Waals surface area contributed by atoms with Gasteiger partial charge in [-0.05, 0) is 60.4 Å². The fourth-order valence-corrected chi connectivity index (χ4v) is 5.12. The third-order valence-electron chi connectivity index (χ3n) is 5.21. The smallest absolute Gasteiger partial charge is 0.286 e. The van der Waals surface area contributed by atoms with Crippen LogP contribution in [0.15, 0.2) is 48.7 Å². The molecule has 0 spiro atoms. The average molecular weight is 411 g/mol. The minimum absolute atomic E-state index is 0.0565. The van der Waals surface area contributed by atoms with Crippen molar-refractivity contribution < 1.29 is 14.3 Å². The van der Waals surface area contributed by atoms with Gasteiger partial charge in [0, 0.05) is 22.5 Å². The molecule has 7 heteroatoms. The van der Waals surface area contributed by atoms with Crippen molar-refractivity contribution in [1.82, 2.24) is 10.3 Å². The fraction of sp³-hybridized carbons (Fsp3) is 0.190. The molecule has 1 saturated heterocycles. The Morgan fingerprint density at radius 1 is 1.14 bits per heavy atom. The Morgan fingerprint density at radius 2 is 2.04 bits per heavy atom. The van der Waals surface area contributed by atoms with Gasteiger partial charge in [-0.1, -0.05) is 29.4 Å². The number of carbonyl (C=O) groups is 2. The number of ether oxygens (including phenoxy) is 1. The number of aryl methyl sites for hydroxylation is 1. The number of imide groups is 1. The Hall–Kier alpha value is -2.57. The number of benzene rings is 2. The van der Waals surface area contributed by atoms with Crippen LogP contribution in [0, 0.1) is 0 Å². The number of aromatic nitrogens is 1. The van der Waals surface area contributed by atoms with Crippen LogP contribution in [-0.2, 0) is 11.2 Å². The molecule has 28 heavy (non-hydrogen) atoms. The second-order valence-electron chi connectivity index (χ2n) is 6.89. The highest BCUT2D eigenvalue weighted by molar-refractivity contribution is 8.15. The van der Waals surface area contributed by atoms with E-state index in [-0.39, 0.29) is 22.3 Å². The maximum Gasteiger partial charge on any atom is 0.286 e. The average Bonchev–Trinajstić information content (AvgIpc) is 3.24. The molecule has 2 aromatic carbocycles. The normalized spacial score (nSPS) is 21.0. The highest BCUT2D eigenvalue weighted by Crippen LogP contribution is 2.43. The van der Waals surface area contributed by atoms with Gasteiger partial charge in [-0.25, -0.2) is 0 Å².